The topological polar surface area (TPSA) is 58.4 Å². The van der Waals surface area contributed by atoms with Crippen molar-refractivity contribution in [3.05, 3.63) is 4.88 Å². The normalized spacial score (nSPS) is 17.1. The number of Topliss-reactive ketones (excluding diaryl/α,β-unsaturated/α-hetero) is 1. The summed E-state index contributed by atoms with van der Waals surface area (Å²) in [4.78, 5) is 16.2. The van der Waals surface area contributed by atoms with Gasteiger partial charge in [0, 0.05) is 19.0 Å². The summed E-state index contributed by atoms with van der Waals surface area (Å²) < 4.78 is 0. The first kappa shape index (κ1) is 16.6. The van der Waals surface area contributed by atoms with Crippen molar-refractivity contribution in [2.45, 2.75) is 44.0 Å². The number of nitrogens with one attached hydrogen (secondary N) is 1. The fourth-order valence-corrected chi connectivity index (χ4v) is 4.86. The van der Waals surface area contributed by atoms with Gasteiger partial charge in [-0.2, -0.15) is 0 Å². The maximum Gasteiger partial charge on any atom is 0.174 e. The highest BCUT2D eigenvalue weighted by Crippen LogP contribution is 2.42. The third-order valence-electron chi connectivity index (χ3n) is 3.79. The maximum absolute atomic E-state index is 12.0. The van der Waals surface area contributed by atoms with Crippen LogP contribution in [0.4, 0.5) is 10.7 Å². The molecule has 1 aliphatic rings. The summed E-state index contributed by atoms with van der Waals surface area (Å²) in [7, 11) is 0. The number of ketones is 1. The number of hydrogen-bond donors (Lipinski definition) is 2. The number of nitrogens with two attached hydrogens (primary N) is 1. The summed E-state index contributed by atoms with van der Waals surface area (Å²) >= 11 is 3.12. The van der Waals surface area contributed by atoms with Gasteiger partial charge in [0.2, 0.25) is 0 Å². The zero-order valence-electron chi connectivity index (χ0n) is 13.1. The molecule has 0 radical (unpaired) electrons. The number of nitrogens with zero attached hydrogens (tertiary/aromatic N) is 1. The molecule has 6 heteroatoms. The lowest BCUT2D eigenvalue weighted by Crippen LogP contribution is -2.32. The molecule has 2 rings (SSSR count). The minimum atomic E-state index is 0.132. The second-order valence-corrected chi connectivity index (χ2v) is 7.37. The molecule has 0 saturated carbocycles. The minimum Gasteiger partial charge on any atom is -0.396 e. The Hall–Kier alpha value is -0.720. The summed E-state index contributed by atoms with van der Waals surface area (Å²) in [6, 6.07) is 0.358. The molecule has 21 heavy (non-hydrogen) atoms. The second kappa shape index (κ2) is 7.51. The van der Waals surface area contributed by atoms with Gasteiger partial charge in [-0.05, 0) is 39.1 Å². The van der Waals surface area contributed by atoms with Crippen molar-refractivity contribution in [1.29, 1.82) is 0 Å². The number of nitrogen functional groups attached to an aromatic ring is 1. The van der Waals surface area contributed by atoms with Crippen LogP contribution in [-0.4, -0.2) is 42.6 Å². The van der Waals surface area contributed by atoms with E-state index in [4.69, 9.17) is 5.73 Å². The van der Waals surface area contributed by atoms with Crippen molar-refractivity contribution in [1.82, 2.24) is 4.90 Å². The maximum atomic E-state index is 12.0. The van der Waals surface area contributed by atoms with Crippen LogP contribution in [0.15, 0.2) is 4.90 Å². The first-order chi connectivity index (χ1) is 10.1. The lowest BCUT2D eigenvalue weighted by atomic mass is 10.2. The lowest BCUT2D eigenvalue weighted by Gasteiger charge is -2.21. The predicted molar refractivity (Wildman–Crippen MR) is 93.9 cm³/mol. The Morgan fingerprint density at radius 3 is 2.71 bits per heavy atom. The number of likely N-dealkylation sites (tertiary alicyclic amines) is 1. The number of hydrogen-bond acceptors (Lipinski definition) is 6. The fraction of sp³-hybridized carbons (Fsp3) is 0.667. The summed E-state index contributed by atoms with van der Waals surface area (Å²) in [6.07, 6.45) is 5.13. The van der Waals surface area contributed by atoms with E-state index in [0.717, 1.165) is 16.4 Å². The third kappa shape index (κ3) is 3.93. The number of thiophene rings is 1. The SMILES string of the molecule is CCC(=O)c1sc(NC(C)CN2CCCC2)c(SC)c1N. The summed E-state index contributed by atoms with van der Waals surface area (Å²) in [5.41, 5.74) is 6.80. The highest BCUT2D eigenvalue weighted by atomic mass is 32.2. The summed E-state index contributed by atoms with van der Waals surface area (Å²) in [6.45, 7) is 7.52. The van der Waals surface area contributed by atoms with Crippen LogP contribution in [0.1, 0.15) is 42.8 Å². The van der Waals surface area contributed by atoms with E-state index in [1.165, 1.54) is 37.3 Å². The summed E-state index contributed by atoms with van der Waals surface area (Å²) in [5.74, 6) is 0.132. The van der Waals surface area contributed by atoms with Crippen molar-refractivity contribution in [2.24, 2.45) is 0 Å². The van der Waals surface area contributed by atoms with E-state index in [1.807, 2.05) is 13.2 Å². The Labute approximate surface area is 135 Å². The van der Waals surface area contributed by atoms with Gasteiger partial charge >= 0.3 is 0 Å². The van der Waals surface area contributed by atoms with Crippen molar-refractivity contribution in [3.8, 4) is 0 Å². The Kier molecular flexibility index (Phi) is 5.96. The average Bonchev–Trinajstić information content (AvgIpc) is 3.06. The van der Waals surface area contributed by atoms with Gasteiger partial charge < -0.3 is 16.0 Å². The Bertz CT molecular complexity index is 495. The molecule has 1 fully saturated rings. The van der Waals surface area contributed by atoms with Crippen LogP contribution < -0.4 is 11.1 Å². The zero-order chi connectivity index (χ0) is 15.4. The van der Waals surface area contributed by atoms with Crippen molar-refractivity contribution in [2.75, 3.05) is 36.9 Å². The molecule has 0 bridgehead atoms. The van der Waals surface area contributed by atoms with Crippen LogP contribution in [0.5, 0.6) is 0 Å². The molecule has 0 amide bonds. The molecule has 2 heterocycles. The molecule has 1 atom stereocenters. The predicted octanol–water partition coefficient (Wildman–Crippen LogP) is 3.54. The summed E-state index contributed by atoms with van der Waals surface area (Å²) in [5, 5.41) is 4.60. The van der Waals surface area contributed by atoms with Crippen LogP contribution in [0.2, 0.25) is 0 Å². The highest BCUT2D eigenvalue weighted by molar-refractivity contribution is 7.99. The largest absolute Gasteiger partial charge is 0.396 e. The molecule has 1 aromatic rings. The first-order valence-electron chi connectivity index (χ1n) is 7.55. The molecule has 0 spiro atoms. The van der Waals surface area contributed by atoms with Gasteiger partial charge in [0.1, 0.15) is 5.00 Å². The molecular formula is C15H25N3OS2. The number of carbonyl (C=O) groups excluding carboxylic acids is 1. The van der Waals surface area contributed by atoms with Gasteiger partial charge in [0.05, 0.1) is 15.5 Å². The van der Waals surface area contributed by atoms with Gasteiger partial charge in [-0.3, -0.25) is 4.79 Å². The van der Waals surface area contributed by atoms with E-state index in [-0.39, 0.29) is 5.78 Å². The Morgan fingerprint density at radius 2 is 2.14 bits per heavy atom. The zero-order valence-corrected chi connectivity index (χ0v) is 14.7. The lowest BCUT2D eigenvalue weighted by molar-refractivity contribution is 0.0992. The van der Waals surface area contributed by atoms with Crippen molar-refractivity contribution in [3.63, 3.8) is 0 Å². The van der Waals surface area contributed by atoms with Crippen LogP contribution >= 0.6 is 23.1 Å². The van der Waals surface area contributed by atoms with Gasteiger partial charge in [-0.25, -0.2) is 0 Å². The molecule has 118 valence electrons. The van der Waals surface area contributed by atoms with Crippen LogP contribution in [0.3, 0.4) is 0 Å². The number of carbonyl (C=O) groups is 1. The Morgan fingerprint density at radius 1 is 1.48 bits per heavy atom. The van der Waals surface area contributed by atoms with E-state index < -0.39 is 0 Å². The van der Waals surface area contributed by atoms with Gasteiger partial charge in [0.25, 0.3) is 0 Å². The van der Waals surface area contributed by atoms with Crippen LogP contribution in [0, 0.1) is 0 Å². The molecule has 1 unspecified atom stereocenters. The smallest absolute Gasteiger partial charge is 0.174 e. The van der Waals surface area contributed by atoms with Crippen LogP contribution in [-0.2, 0) is 0 Å². The van der Waals surface area contributed by atoms with Gasteiger partial charge in [0.15, 0.2) is 5.78 Å². The van der Waals surface area contributed by atoms with E-state index in [9.17, 15) is 4.79 Å². The molecule has 1 saturated heterocycles. The van der Waals surface area contributed by atoms with Crippen molar-refractivity contribution >= 4 is 39.6 Å². The molecule has 0 aromatic carbocycles. The minimum absolute atomic E-state index is 0.132. The molecule has 0 aliphatic carbocycles. The number of thioether (sulfide) groups is 1. The number of anilines is 2. The molecule has 3 N–H and O–H groups in total. The quantitative estimate of drug-likeness (QED) is 0.592. The van der Waals surface area contributed by atoms with E-state index in [2.05, 4.69) is 17.1 Å². The van der Waals surface area contributed by atoms with E-state index in [1.54, 1.807) is 11.8 Å². The third-order valence-corrected chi connectivity index (χ3v) is 5.93. The second-order valence-electron chi connectivity index (χ2n) is 5.54. The average molecular weight is 328 g/mol. The standard InChI is InChI=1S/C15H25N3OS2/c1-4-11(19)13-12(16)14(20-3)15(21-13)17-10(2)9-18-7-5-6-8-18/h10,17H,4-9,16H2,1-3H3. The van der Waals surface area contributed by atoms with E-state index >= 15 is 0 Å². The van der Waals surface area contributed by atoms with Gasteiger partial charge in [-0.15, -0.1) is 23.1 Å². The fourth-order valence-electron chi connectivity index (χ4n) is 2.72. The molecular weight excluding hydrogens is 302 g/mol. The Balaban J connectivity index is 2.09. The first-order valence-corrected chi connectivity index (χ1v) is 9.59. The number of rotatable bonds is 7. The molecule has 4 nitrogen and oxygen atoms in total. The van der Waals surface area contributed by atoms with E-state index in [0.29, 0.717) is 23.0 Å². The monoisotopic (exact) mass is 327 g/mol. The van der Waals surface area contributed by atoms with Gasteiger partial charge in [-0.1, -0.05) is 6.92 Å². The molecule has 1 aromatic heterocycles. The van der Waals surface area contributed by atoms with Crippen LogP contribution in [0.25, 0.3) is 0 Å². The van der Waals surface area contributed by atoms with Crippen molar-refractivity contribution < 1.29 is 4.79 Å². The highest BCUT2D eigenvalue weighted by Gasteiger charge is 2.21. The molecule has 1 aliphatic heterocycles.